The highest BCUT2D eigenvalue weighted by atomic mass is 16.5. The average molecular weight is 233 g/mol. The summed E-state index contributed by atoms with van der Waals surface area (Å²) < 4.78 is 5.54. The molecule has 1 aliphatic heterocycles. The summed E-state index contributed by atoms with van der Waals surface area (Å²) >= 11 is 0. The molecule has 0 spiro atoms. The second-order valence-electron chi connectivity index (χ2n) is 4.92. The fraction of sp³-hybridized carbons (Fsp3) is 0.500. The number of hydrogen-bond acceptors (Lipinski definition) is 2. The van der Waals surface area contributed by atoms with Crippen molar-refractivity contribution in [1.29, 1.82) is 0 Å². The van der Waals surface area contributed by atoms with Gasteiger partial charge in [0.15, 0.2) is 0 Å². The SMILES string of the molecule is CC(C)CC(=O)Nc1ccc2c(c1)CCCO2. The van der Waals surface area contributed by atoms with E-state index in [0.29, 0.717) is 12.3 Å². The number of hydrogen-bond donors (Lipinski definition) is 1. The topological polar surface area (TPSA) is 38.3 Å². The molecule has 0 aliphatic carbocycles. The van der Waals surface area contributed by atoms with Crippen molar-refractivity contribution >= 4 is 11.6 Å². The van der Waals surface area contributed by atoms with Crippen molar-refractivity contribution in [2.24, 2.45) is 5.92 Å². The summed E-state index contributed by atoms with van der Waals surface area (Å²) in [5.41, 5.74) is 2.07. The maximum absolute atomic E-state index is 11.6. The smallest absolute Gasteiger partial charge is 0.224 e. The van der Waals surface area contributed by atoms with Crippen molar-refractivity contribution < 1.29 is 9.53 Å². The van der Waals surface area contributed by atoms with Crippen molar-refractivity contribution in [2.75, 3.05) is 11.9 Å². The number of carbonyl (C=O) groups is 1. The van der Waals surface area contributed by atoms with E-state index in [1.54, 1.807) is 0 Å². The lowest BCUT2D eigenvalue weighted by Gasteiger charge is -2.18. The van der Waals surface area contributed by atoms with Gasteiger partial charge < -0.3 is 10.1 Å². The van der Waals surface area contributed by atoms with Crippen molar-refractivity contribution in [3.63, 3.8) is 0 Å². The van der Waals surface area contributed by atoms with Crippen molar-refractivity contribution in [3.8, 4) is 5.75 Å². The van der Waals surface area contributed by atoms with Crippen LogP contribution >= 0.6 is 0 Å². The van der Waals surface area contributed by atoms with Crippen LogP contribution < -0.4 is 10.1 Å². The molecular formula is C14H19NO2. The largest absolute Gasteiger partial charge is 0.493 e. The summed E-state index contributed by atoms with van der Waals surface area (Å²) in [6, 6.07) is 5.87. The molecule has 0 aromatic heterocycles. The minimum absolute atomic E-state index is 0.0803. The summed E-state index contributed by atoms with van der Waals surface area (Å²) in [6.07, 6.45) is 2.65. The molecule has 17 heavy (non-hydrogen) atoms. The summed E-state index contributed by atoms with van der Waals surface area (Å²) in [5.74, 6) is 1.42. The molecule has 3 nitrogen and oxygen atoms in total. The number of rotatable bonds is 3. The quantitative estimate of drug-likeness (QED) is 0.871. The third kappa shape index (κ3) is 3.22. The van der Waals surface area contributed by atoms with Crippen molar-refractivity contribution in [3.05, 3.63) is 23.8 Å². The summed E-state index contributed by atoms with van der Waals surface area (Å²) in [5, 5.41) is 2.93. The second kappa shape index (κ2) is 5.21. The summed E-state index contributed by atoms with van der Waals surface area (Å²) in [7, 11) is 0. The van der Waals surface area contributed by atoms with Gasteiger partial charge in [-0.25, -0.2) is 0 Å². The lowest BCUT2D eigenvalue weighted by atomic mass is 10.1. The predicted molar refractivity (Wildman–Crippen MR) is 68.3 cm³/mol. The van der Waals surface area contributed by atoms with Gasteiger partial charge in [-0.1, -0.05) is 13.8 Å². The number of aryl methyl sites for hydroxylation is 1. The van der Waals surface area contributed by atoms with E-state index < -0.39 is 0 Å². The average Bonchev–Trinajstić information content (AvgIpc) is 2.27. The van der Waals surface area contributed by atoms with E-state index in [-0.39, 0.29) is 5.91 Å². The molecule has 0 bridgehead atoms. The zero-order valence-electron chi connectivity index (χ0n) is 10.5. The van der Waals surface area contributed by atoms with Crippen LogP contribution in [-0.4, -0.2) is 12.5 Å². The lowest BCUT2D eigenvalue weighted by molar-refractivity contribution is -0.116. The molecule has 0 atom stereocenters. The van der Waals surface area contributed by atoms with Gasteiger partial charge in [-0.3, -0.25) is 4.79 Å². The van der Waals surface area contributed by atoms with Gasteiger partial charge in [-0.05, 0) is 42.5 Å². The molecule has 1 aromatic rings. The molecule has 1 amide bonds. The molecule has 0 radical (unpaired) electrons. The van der Waals surface area contributed by atoms with E-state index in [0.717, 1.165) is 30.9 Å². The summed E-state index contributed by atoms with van der Waals surface area (Å²) in [6.45, 7) is 4.88. The van der Waals surface area contributed by atoms with E-state index in [4.69, 9.17) is 4.74 Å². The second-order valence-corrected chi connectivity index (χ2v) is 4.92. The number of ether oxygens (including phenoxy) is 1. The van der Waals surface area contributed by atoms with E-state index in [2.05, 4.69) is 5.32 Å². The van der Waals surface area contributed by atoms with Gasteiger partial charge in [0.2, 0.25) is 5.91 Å². The van der Waals surface area contributed by atoms with E-state index in [1.807, 2.05) is 32.0 Å². The number of benzene rings is 1. The van der Waals surface area contributed by atoms with Gasteiger partial charge in [0, 0.05) is 12.1 Å². The Morgan fingerprint density at radius 3 is 3.06 bits per heavy atom. The number of amides is 1. The zero-order valence-corrected chi connectivity index (χ0v) is 10.5. The first kappa shape index (κ1) is 12.0. The number of anilines is 1. The first-order chi connectivity index (χ1) is 8.15. The lowest BCUT2D eigenvalue weighted by Crippen LogP contribution is -2.15. The van der Waals surface area contributed by atoms with Crippen LogP contribution in [0.1, 0.15) is 32.3 Å². The first-order valence-corrected chi connectivity index (χ1v) is 6.21. The van der Waals surface area contributed by atoms with Crippen LogP contribution in [0.15, 0.2) is 18.2 Å². The zero-order chi connectivity index (χ0) is 12.3. The third-order valence-electron chi connectivity index (χ3n) is 2.79. The predicted octanol–water partition coefficient (Wildman–Crippen LogP) is 3.00. The third-order valence-corrected chi connectivity index (χ3v) is 2.79. The molecule has 0 fully saturated rings. The van der Waals surface area contributed by atoms with Crippen LogP contribution in [0.25, 0.3) is 0 Å². The molecular weight excluding hydrogens is 214 g/mol. The van der Waals surface area contributed by atoms with Crippen LogP contribution in [0.2, 0.25) is 0 Å². The highest BCUT2D eigenvalue weighted by molar-refractivity contribution is 5.91. The van der Waals surface area contributed by atoms with E-state index in [1.165, 1.54) is 5.56 Å². The molecule has 2 rings (SSSR count). The standard InChI is InChI=1S/C14H19NO2/c1-10(2)8-14(16)15-12-5-6-13-11(9-12)4-3-7-17-13/h5-6,9-10H,3-4,7-8H2,1-2H3,(H,15,16). The Morgan fingerprint density at radius 1 is 1.47 bits per heavy atom. The van der Waals surface area contributed by atoms with Crippen LogP contribution in [0.4, 0.5) is 5.69 Å². The molecule has 0 saturated carbocycles. The van der Waals surface area contributed by atoms with Gasteiger partial charge in [-0.2, -0.15) is 0 Å². The Kier molecular flexibility index (Phi) is 3.67. The Balaban J connectivity index is 2.04. The minimum atomic E-state index is 0.0803. The van der Waals surface area contributed by atoms with Gasteiger partial charge in [0.05, 0.1) is 6.61 Å². The molecule has 0 unspecified atom stereocenters. The Hall–Kier alpha value is -1.51. The maximum Gasteiger partial charge on any atom is 0.224 e. The minimum Gasteiger partial charge on any atom is -0.493 e. The fourth-order valence-corrected chi connectivity index (χ4v) is 2.02. The molecule has 3 heteroatoms. The molecule has 1 aliphatic rings. The summed E-state index contributed by atoms with van der Waals surface area (Å²) in [4.78, 5) is 11.6. The molecule has 92 valence electrons. The van der Waals surface area contributed by atoms with E-state index in [9.17, 15) is 4.79 Å². The molecule has 1 N–H and O–H groups in total. The van der Waals surface area contributed by atoms with Crippen LogP contribution in [0.3, 0.4) is 0 Å². The van der Waals surface area contributed by atoms with Gasteiger partial charge in [0.25, 0.3) is 0 Å². The highest BCUT2D eigenvalue weighted by Gasteiger charge is 2.11. The van der Waals surface area contributed by atoms with Crippen molar-refractivity contribution in [1.82, 2.24) is 0 Å². The maximum atomic E-state index is 11.6. The van der Waals surface area contributed by atoms with Crippen molar-refractivity contribution in [2.45, 2.75) is 33.1 Å². The molecule has 0 saturated heterocycles. The van der Waals surface area contributed by atoms with Gasteiger partial charge in [0.1, 0.15) is 5.75 Å². The van der Waals surface area contributed by atoms with Crippen LogP contribution in [0.5, 0.6) is 5.75 Å². The monoisotopic (exact) mass is 233 g/mol. The Bertz CT molecular complexity index is 413. The fourth-order valence-electron chi connectivity index (χ4n) is 2.02. The molecule has 1 aromatic carbocycles. The first-order valence-electron chi connectivity index (χ1n) is 6.21. The van der Waals surface area contributed by atoms with E-state index >= 15 is 0 Å². The highest BCUT2D eigenvalue weighted by Crippen LogP contribution is 2.27. The van der Waals surface area contributed by atoms with Crippen LogP contribution in [-0.2, 0) is 11.2 Å². The number of fused-ring (bicyclic) bond motifs is 1. The normalized spacial score (nSPS) is 14.1. The number of nitrogens with one attached hydrogen (secondary N) is 1. The van der Waals surface area contributed by atoms with Gasteiger partial charge in [-0.15, -0.1) is 0 Å². The van der Waals surface area contributed by atoms with Crippen LogP contribution in [0, 0.1) is 5.92 Å². The van der Waals surface area contributed by atoms with Gasteiger partial charge >= 0.3 is 0 Å². The molecule has 1 heterocycles. The number of carbonyl (C=O) groups excluding carboxylic acids is 1. The Labute approximate surface area is 102 Å². The Morgan fingerprint density at radius 2 is 2.29 bits per heavy atom.